The van der Waals surface area contributed by atoms with E-state index in [1.54, 1.807) is 0 Å². The minimum atomic E-state index is 0.247. The summed E-state index contributed by atoms with van der Waals surface area (Å²) in [5.41, 5.74) is 0.965. The van der Waals surface area contributed by atoms with Crippen LogP contribution in [-0.4, -0.2) is 22.3 Å². The zero-order valence-corrected chi connectivity index (χ0v) is 13.0. The molecule has 0 atom stereocenters. The van der Waals surface area contributed by atoms with Crippen LogP contribution in [0.3, 0.4) is 0 Å². The molecule has 0 saturated heterocycles. The molecule has 2 aliphatic rings. The highest BCUT2D eigenvalue weighted by atomic mass is 16.5. The molecule has 0 N–H and O–H groups in total. The van der Waals surface area contributed by atoms with Gasteiger partial charge in [0, 0.05) is 19.4 Å². The van der Waals surface area contributed by atoms with Gasteiger partial charge in [0.15, 0.2) is 6.61 Å². The zero-order valence-electron chi connectivity index (χ0n) is 13.0. The van der Waals surface area contributed by atoms with Crippen LogP contribution in [0.15, 0.2) is 34.7 Å². The van der Waals surface area contributed by atoms with Crippen molar-refractivity contribution in [3.05, 3.63) is 47.7 Å². The van der Waals surface area contributed by atoms with E-state index in [1.807, 2.05) is 35.2 Å². The Morgan fingerprint density at radius 1 is 1.30 bits per heavy atom. The van der Waals surface area contributed by atoms with Crippen LogP contribution in [0.2, 0.25) is 0 Å². The highest BCUT2D eigenvalue weighted by molar-refractivity contribution is 5.77. The molecule has 0 unspecified atom stereocenters. The third kappa shape index (κ3) is 3.38. The van der Waals surface area contributed by atoms with Crippen molar-refractivity contribution in [3.8, 4) is 5.75 Å². The van der Waals surface area contributed by atoms with Crippen molar-refractivity contribution in [1.29, 1.82) is 0 Å². The number of benzene rings is 1. The van der Waals surface area contributed by atoms with Crippen molar-refractivity contribution >= 4 is 5.91 Å². The lowest BCUT2D eigenvalue weighted by molar-refractivity contribution is -0.132. The summed E-state index contributed by atoms with van der Waals surface area (Å²) >= 11 is 0. The van der Waals surface area contributed by atoms with E-state index in [0.29, 0.717) is 31.4 Å². The predicted molar refractivity (Wildman–Crippen MR) is 83.7 cm³/mol. The number of oxazole rings is 1. The summed E-state index contributed by atoms with van der Waals surface area (Å²) in [5.74, 6) is 3.05. The summed E-state index contributed by atoms with van der Waals surface area (Å²) < 4.78 is 11.5. The van der Waals surface area contributed by atoms with Crippen LogP contribution < -0.4 is 4.74 Å². The van der Waals surface area contributed by atoms with Gasteiger partial charge in [0.05, 0.1) is 12.2 Å². The fraction of sp³-hybridized carbons (Fsp3) is 0.444. The maximum Gasteiger partial charge on any atom is 0.232 e. The topological polar surface area (TPSA) is 55.6 Å². The quantitative estimate of drug-likeness (QED) is 0.852. The number of carbonyl (C=O) groups is 1. The average Bonchev–Trinajstić information content (AvgIpc) is 3.29. The van der Waals surface area contributed by atoms with Crippen molar-refractivity contribution in [2.24, 2.45) is 5.92 Å². The van der Waals surface area contributed by atoms with E-state index in [2.05, 4.69) is 4.98 Å². The van der Waals surface area contributed by atoms with Crippen molar-refractivity contribution < 1.29 is 13.9 Å². The van der Waals surface area contributed by atoms with Crippen LogP contribution in [0.5, 0.6) is 5.75 Å². The molecule has 2 heterocycles. The number of nitrogens with zero attached hydrogens (tertiary/aromatic N) is 2. The molecule has 0 spiro atoms. The summed E-state index contributed by atoms with van der Waals surface area (Å²) in [6.07, 6.45) is 3.86. The minimum Gasteiger partial charge on any atom is -0.484 e. The molecular weight excluding hydrogens is 292 g/mol. The number of fused-ring (bicyclic) bond motifs is 1. The van der Waals surface area contributed by atoms with Gasteiger partial charge in [-0.1, -0.05) is 18.2 Å². The molecule has 0 radical (unpaired) electrons. The Morgan fingerprint density at radius 2 is 2.13 bits per heavy atom. The summed E-state index contributed by atoms with van der Waals surface area (Å²) in [6, 6.07) is 9.62. The number of para-hydroxylation sites is 1. The number of amides is 1. The molecule has 1 aromatic heterocycles. The molecule has 23 heavy (non-hydrogen) atoms. The number of hydrogen-bond donors (Lipinski definition) is 0. The Balaban J connectivity index is 1.37. The number of ether oxygens (including phenoxy) is 1. The maximum absolute atomic E-state index is 12.2. The first-order valence-electron chi connectivity index (χ1n) is 8.21. The van der Waals surface area contributed by atoms with Crippen LogP contribution in [0.1, 0.15) is 36.6 Å². The number of rotatable bonds is 5. The molecule has 120 valence electrons. The van der Waals surface area contributed by atoms with Crippen molar-refractivity contribution in [2.75, 3.05) is 6.54 Å². The average molecular weight is 312 g/mol. The molecule has 4 rings (SSSR count). The molecule has 1 aliphatic heterocycles. The third-order valence-electron chi connectivity index (χ3n) is 4.39. The summed E-state index contributed by atoms with van der Waals surface area (Å²) in [4.78, 5) is 18.6. The monoisotopic (exact) mass is 312 g/mol. The van der Waals surface area contributed by atoms with E-state index >= 15 is 0 Å². The van der Waals surface area contributed by atoms with E-state index in [-0.39, 0.29) is 5.91 Å². The molecule has 1 fully saturated rings. The lowest BCUT2D eigenvalue weighted by Gasteiger charge is -2.25. The van der Waals surface area contributed by atoms with E-state index in [9.17, 15) is 4.79 Å². The van der Waals surface area contributed by atoms with Gasteiger partial charge in [-0.3, -0.25) is 4.79 Å². The van der Waals surface area contributed by atoms with Gasteiger partial charge < -0.3 is 14.1 Å². The fourth-order valence-corrected chi connectivity index (χ4v) is 2.88. The van der Waals surface area contributed by atoms with E-state index in [1.165, 1.54) is 12.8 Å². The lowest BCUT2D eigenvalue weighted by Crippen LogP contribution is -2.35. The van der Waals surface area contributed by atoms with Gasteiger partial charge in [-0.25, -0.2) is 4.98 Å². The van der Waals surface area contributed by atoms with Gasteiger partial charge in [0.2, 0.25) is 11.8 Å². The second kappa shape index (κ2) is 6.07. The molecule has 1 amide bonds. The number of aromatic nitrogens is 1. The van der Waals surface area contributed by atoms with Crippen LogP contribution in [0, 0.1) is 5.92 Å². The first kappa shape index (κ1) is 14.3. The number of carbonyl (C=O) groups excluding carboxylic acids is 1. The normalized spacial score (nSPS) is 17.0. The molecule has 5 nitrogen and oxygen atoms in total. The van der Waals surface area contributed by atoms with E-state index in [0.717, 1.165) is 30.2 Å². The van der Waals surface area contributed by atoms with Gasteiger partial charge in [-0.2, -0.15) is 0 Å². The largest absolute Gasteiger partial charge is 0.484 e. The Kier molecular flexibility index (Phi) is 3.77. The third-order valence-corrected chi connectivity index (χ3v) is 4.39. The summed E-state index contributed by atoms with van der Waals surface area (Å²) in [6.45, 7) is 1.59. The highest BCUT2D eigenvalue weighted by Crippen LogP contribution is 2.33. The van der Waals surface area contributed by atoms with E-state index < -0.39 is 0 Å². The molecular formula is C18H20N2O3. The van der Waals surface area contributed by atoms with Crippen LogP contribution in [-0.2, 0) is 24.4 Å². The van der Waals surface area contributed by atoms with Gasteiger partial charge >= 0.3 is 0 Å². The van der Waals surface area contributed by atoms with Crippen LogP contribution in [0.4, 0.5) is 0 Å². The van der Waals surface area contributed by atoms with Crippen LogP contribution in [0.25, 0.3) is 0 Å². The van der Waals surface area contributed by atoms with Gasteiger partial charge in [0.25, 0.3) is 0 Å². The Morgan fingerprint density at radius 3 is 2.91 bits per heavy atom. The molecule has 1 saturated carbocycles. The van der Waals surface area contributed by atoms with Crippen molar-refractivity contribution in [1.82, 2.24) is 9.88 Å². The van der Waals surface area contributed by atoms with E-state index in [4.69, 9.17) is 9.15 Å². The zero-order chi connectivity index (χ0) is 15.6. The van der Waals surface area contributed by atoms with Gasteiger partial charge in [0.1, 0.15) is 11.5 Å². The summed E-state index contributed by atoms with van der Waals surface area (Å²) in [7, 11) is 0. The SMILES string of the molecule is O=C(CC1CC1)N1CCc2nc(COc3ccccc3)oc2C1. The molecule has 1 aromatic carbocycles. The van der Waals surface area contributed by atoms with Gasteiger partial charge in [-0.15, -0.1) is 0 Å². The molecule has 0 bridgehead atoms. The standard InChI is InChI=1S/C18H20N2O3/c21-18(10-13-6-7-13)20-9-8-15-16(11-20)23-17(19-15)12-22-14-4-2-1-3-5-14/h1-5,13H,6-12H2. The van der Waals surface area contributed by atoms with Crippen molar-refractivity contribution in [2.45, 2.75) is 38.8 Å². The minimum absolute atomic E-state index is 0.247. The van der Waals surface area contributed by atoms with Crippen molar-refractivity contribution in [3.63, 3.8) is 0 Å². The van der Waals surface area contributed by atoms with Gasteiger partial charge in [-0.05, 0) is 30.9 Å². The Hall–Kier alpha value is -2.30. The highest BCUT2D eigenvalue weighted by Gasteiger charge is 2.30. The van der Waals surface area contributed by atoms with Crippen LogP contribution >= 0.6 is 0 Å². The predicted octanol–water partition coefficient (Wildman–Crippen LogP) is 2.94. The maximum atomic E-state index is 12.2. The summed E-state index contributed by atoms with van der Waals surface area (Å²) in [5, 5.41) is 0. The first-order chi connectivity index (χ1) is 11.3. The first-order valence-corrected chi connectivity index (χ1v) is 8.21. The molecule has 5 heteroatoms. The fourth-order valence-electron chi connectivity index (χ4n) is 2.88. The molecule has 2 aromatic rings. The molecule has 1 aliphatic carbocycles. The lowest BCUT2D eigenvalue weighted by atomic mass is 10.1. The Bertz CT molecular complexity index is 692. The Labute approximate surface area is 135 Å². The number of hydrogen-bond acceptors (Lipinski definition) is 4. The second-order valence-electron chi connectivity index (χ2n) is 6.29. The second-order valence-corrected chi connectivity index (χ2v) is 6.29. The smallest absolute Gasteiger partial charge is 0.232 e.